The van der Waals surface area contributed by atoms with Gasteiger partial charge in [-0.05, 0) is 31.2 Å². The largest absolute Gasteiger partial charge is 0.497 e. The number of nitrogens with one attached hydrogen (secondary N) is 2. The van der Waals surface area contributed by atoms with Gasteiger partial charge in [-0.2, -0.15) is 5.10 Å². The Kier molecular flexibility index (Phi) is 5.13. The number of benzene rings is 1. The third-order valence-corrected chi connectivity index (χ3v) is 3.77. The predicted octanol–water partition coefficient (Wildman–Crippen LogP) is 2.31. The highest BCUT2D eigenvalue weighted by Crippen LogP contribution is 2.25. The van der Waals surface area contributed by atoms with Crippen molar-refractivity contribution in [1.82, 2.24) is 15.5 Å². The maximum atomic E-state index is 12.1. The molecule has 25 heavy (non-hydrogen) atoms. The van der Waals surface area contributed by atoms with Crippen molar-refractivity contribution in [3.8, 4) is 5.75 Å². The Hall–Kier alpha value is -3.09. The summed E-state index contributed by atoms with van der Waals surface area (Å²) >= 11 is 0. The number of hydrogen-bond acceptors (Lipinski definition) is 6. The lowest BCUT2D eigenvalue weighted by molar-refractivity contribution is -0.120. The fourth-order valence-electron chi connectivity index (χ4n) is 2.45. The number of ether oxygens (including phenoxy) is 1. The van der Waals surface area contributed by atoms with Gasteiger partial charge < -0.3 is 19.8 Å². The molecule has 0 atom stereocenters. The van der Waals surface area contributed by atoms with E-state index in [4.69, 9.17) is 9.15 Å². The molecule has 7 heteroatoms. The van der Waals surface area contributed by atoms with Crippen LogP contribution in [0.5, 0.6) is 5.75 Å². The fourth-order valence-corrected chi connectivity index (χ4v) is 2.45. The highest BCUT2D eigenvalue weighted by molar-refractivity contribution is 5.88. The number of aryl methyl sites for hydroxylation is 1. The lowest BCUT2D eigenvalue weighted by Crippen LogP contribution is -2.30. The zero-order chi connectivity index (χ0) is 17.6. The van der Waals surface area contributed by atoms with Gasteiger partial charge in [0.05, 0.1) is 25.5 Å². The van der Waals surface area contributed by atoms with E-state index in [1.807, 2.05) is 37.3 Å². The minimum absolute atomic E-state index is 0.0599. The number of furan rings is 1. The Labute approximate surface area is 145 Å². The van der Waals surface area contributed by atoms with Gasteiger partial charge in [0.15, 0.2) is 0 Å². The molecule has 3 aromatic rings. The van der Waals surface area contributed by atoms with E-state index in [1.165, 1.54) is 0 Å². The van der Waals surface area contributed by atoms with E-state index in [2.05, 4.69) is 20.8 Å². The first-order chi connectivity index (χ1) is 12.2. The monoisotopic (exact) mass is 340 g/mol. The number of anilines is 1. The molecule has 2 heterocycles. The van der Waals surface area contributed by atoms with Gasteiger partial charge in [-0.1, -0.05) is 0 Å². The summed E-state index contributed by atoms with van der Waals surface area (Å²) in [6, 6.07) is 9.30. The molecular weight excluding hydrogens is 320 g/mol. The van der Waals surface area contributed by atoms with E-state index in [-0.39, 0.29) is 12.3 Å². The van der Waals surface area contributed by atoms with Crippen molar-refractivity contribution in [2.24, 2.45) is 0 Å². The molecule has 7 nitrogen and oxygen atoms in total. The first-order valence-electron chi connectivity index (χ1n) is 8.01. The first kappa shape index (κ1) is 16.8. The molecule has 0 saturated carbocycles. The molecule has 0 fully saturated rings. The lowest BCUT2D eigenvalue weighted by Gasteiger charge is -2.07. The Balaban J connectivity index is 1.48. The van der Waals surface area contributed by atoms with Crippen LogP contribution in [-0.2, 0) is 11.2 Å². The van der Waals surface area contributed by atoms with Gasteiger partial charge in [0.2, 0.25) is 5.91 Å². The SMILES string of the molecule is COc1ccc2c(CC(=O)NCCNc3ccc(C)nn3)coc2c1. The Morgan fingerprint density at radius 3 is 2.84 bits per heavy atom. The molecule has 130 valence electrons. The van der Waals surface area contributed by atoms with Gasteiger partial charge in [-0.25, -0.2) is 0 Å². The molecule has 0 saturated heterocycles. The summed E-state index contributed by atoms with van der Waals surface area (Å²) < 4.78 is 10.7. The quantitative estimate of drug-likeness (QED) is 0.642. The Bertz CT molecular complexity index is 858. The average molecular weight is 340 g/mol. The van der Waals surface area contributed by atoms with E-state index in [0.717, 1.165) is 22.4 Å². The van der Waals surface area contributed by atoms with Crippen molar-refractivity contribution >= 4 is 22.7 Å². The fraction of sp³-hybridized carbons (Fsp3) is 0.278. The van der Waals surface area contributed by atoms with Crippen LogP contribution in [0.2, 0.25) is 0 Å². The number of fused-ring (bicyclic) bond motifs is 1. The van der Waals surface area contributed by atoms with Crippen molar-refractivity contribution < 1.29 is 13.9 Å². The average Bonchev–Trinajstić information content (AvgIpc) is 3.02. The molecular formula is C18H20N4O3. The molecule has 2 aromatic heterocycles. The van der Waals surface area contributed by atoms with Gasteiger partial charge in [-0.15, -0.1) is 5.10 Å². The van der Waals surface area contributed by atoms with E-state index in [0.29, 0.717) is 24.5 Å². The van der Waals surface area contributed by atoms with Crippen LogP contribution in [0, 0.1) is 6.92 Å². The van der Waals surface area contributed by atoms with Crippen LogP contribution in [0.4, 0.5) is 5.82 Å². The van der Waals surface area contributed by atoms with Crippen LogP contribution < -0.4 is 15.4 Å². The van der Waals surface area contributed by atoms with Crippen molar-refractivity contribution in [3.05, 3.63) is 47.9 Å². The predicted molar refractivity (Wildman–Crippen MR) is 94.7 cm³/mol. The smallest absolute Gasteiger partial charge is 0.224 e. The number of rotatable bonds is 7. The molecule has 1 aromatic carbocycles. The molecule has 2 N–H and O–H groups in total. The van der Waals surface area contributed by atoms with Crippen molar-refractivity contribution in [2.45, 2.75) is 13.3 Å². The lowest BCUT2D eigenvalue weighted by atomic mass is 10.1. The zero-order valence-corrected chi connectivity index (χ0v) is 14.2. The van der Waals surface area contributed by atoms with Crippen molar-refractivity contribution in [3.63, 3.8) is 0 Å². The second-order valence-corrected chi connectivity index (χ2v) is 5.64. The number of methoxy groups -OCH3 is 1. The number of hydrogen-bond donors (Lipinski definition) is 2. The molecule has 0 radical (unpaired) electrons. The van der Waals surface area contributed by atoms with E-state index >= 15 is 0 Å². The molecule has 0 bridgehead atoms. The second-order valence-electron chi connectivity index (χ2n) is 5.64. The van der Waals surface area contributed by atoms with Crippen molar-refractivity contribution in [1.29, 1.82) is 0 Å². The third kappa shape index (κ3) is 4.26. The summed E-state index contributed by atoms with van der Waals surface area (Å²) in [6.07, 6.45) is 1.88. The minimum atomic E-state index is -0.0599. The summed E-state index contributed by atoms with van der Waals surface area (Å²) in [4.78, 5) is 12.1. The number of aromatic nitrogens is 2. The highest BCUT2D eigenvalue weighted by Gasteiger charge is 2.11. The molecule has 0 spiro atoms. The highest BCUT2D eigenvalue weighted by atomic mass is 16.5. The summed E-state index contributed by atoms with van der Waals surface area (Å²) in [5.74, 6) is 1.35. The minimum Gasteiger partial charge on any atom is -0.497 e. The third-order valence-electron chi connectivity index (χ3n) is 3.77. The van der Waals surface area contributed by atoms with Crippen LogP contribution in [0.3, 0.4) is 0 Å². The Morgan fingerprint density at radius 2 is 2.08 bits per heavy atom. The maximum absolute atomic E-state index is 12.1. The van der Waals surface area contributed by atoms with Gasteiger partial charge >= 0.3 is 0 Å². The Morgan fingerprint density at radius 1 is 1.20 bits per heavy atom. The normalized spacial score (nSPS) is 10.6. The van der Waals surface area contributed by atoms with Crippen LogP contribution in [-0.4, -0.2) is 36.3 Å². The van der Waals surface area contributed by atoms with Gasteiger partial charge in [0.1, 0.15) is 17.2 Å². The first-order valence-corrected chi connectivity index (χ1v) is 8.01. The van der Waals surface area contributed by atoms with Gasteiger partial charge in [-0.3, -0.25) is 4.79 Å². The molecule has 1 amide bonds. The number of nitrogens with zero attached hydrogens (tertiary/aromatic N) is 2. The summed E-state index contributed by atoms with van der Waals surface area (Å²) in [5.41, 5.74) is 2.43. The van der Waals surface area contributed by atoms with Crippen molar-refractivity contribution in [2.75, 3.05) is 25.5 Å². The molecule has 0 aliphatic heterocycles. The van der Waals surface area contributed by atoms with Crippen LogP contribution in [0.1, 0.15) is 11.3 Å². The van der Waals surface area contributed by atoms with Crippen LogP contribution in [0.25, 0.3) is 11.0 Å². The van der Waals surface area contributed by atoms with Crippen LogP contribution in [0.15, 0.2) is 41.0 Å². The topological polar surface area (TPSA) is 89.3 Å². The summed E-state index contributed by atoms with van der Waals surface area (Å²) in [7, 11) is 1.61. The maximum Gasteiger partial charge on any atom is 0.224 e. The van der Waals surface area contributed by atoms with E-state index in [1.54, 1.807) is 13.4 Å². The van der Waals surface area contributed by atoms with Gasteiger partial charge in [0.25, 0.3) is 0 Å². The molecule has 3 rings (SSSR count). The number of carbonyl (C=O) groups is 1. The number of amides is 1. The molecule has 0 aliphatic rings. The molecule has 0 aliphatic carbocycles. The summed E-state index contributed by atoms with van der Waals surface area (Å²) in [5, 5.41) is 14.9. The summed E-state index contributed by atoms with van der Waals surface area (Å²) in [6.45, 7) is 2.96. The van der Waals surface area contributed by atoms with Gasteiger partial charge in [0, 0.05) is 30.1 Å². The zero-order valence-electron chi connectivity index (χ0n) is 14.2. The standard InChI is InChI=1S/C18H20N4O3/c1-12-3-6-17(22-21-12)19-7-8-20-18(23)9-13-11-25-16-10-14(24-2)4-5-15(13)16/h3-6,10-11H,7-9H2,1-2H3,(H,19,22)(H,20,23). The molecule has 0 unspecified atom stereocenters. The number of carbonyl (C=O) groups excluding carboxylic acids is 1. The van der Waals surface area contributed by atoms with E-state index < -0.39 is 0 Å². The second kappa shape index (κ2) is 7.65. The van der Waals surface area contributed by atoms with E-state index in [9.17, 15) is 4.79 Å². The van der Waals surface area contributed by atoms with Crippen LogP contribution >= 0.6 is 0 Å².